The lowest BCUT2D eigenvalue weighted by Gasteiger charge is -2.17. The highest BCUT2D eigenvalue weighted by molar-refractivity contribution is 6.30. The maximum absolute atomic E-state index is 6.07. The zero-order valence-electron chi connectivity index (χ0n) is 12.3. The van der Waals surface area contributed by atoms with Crippen molar-refractivity contribution in [3.8, 4) is 5.75 Å². The van der Waals surface area contributed by atoms with Crippen LogP contribution in [0.25, 0.3) is 0 Å². The van der Waals surface area contributed by atoms with Crippen molar-refractivity contribution >= 4 is 11.6 Å². The minimum Gasteiger partial charge on any atom is -0.491 e. The molecule has 1 aromatic carbocycles. The third-order valence-electron chi connectivity index (χ3n) is 3.77. The predicted molar refractivity (Wildman–Crippen MR) is 82.5 cm³/mol. The van der Waals surface area contributed by atoms with E-state index in [9.17, 15) is 0 Å². The molecule has 0 radical (unpaired) electrons. The van der Waals surface area contributed by atoms with E-state index in [4.69, 9.17) is 26.8 Å². The molecule has 0 aliphatic carbocycles. The fourth-order valence-corrected chi connectivity index (χ4v) is 2.66. The Morgan fingerprint density at radius 1 is 1.45 bits per heavy atom. The van der Waals surface area contributed by atoms with Crippen LogP contribution in [0.4, 0.5) is 0 Å². The van der Waals surface area contributed by atoms with Crippen LogP contribution in [0.5, 0.6) is 5.75 Å². The Morgan fingerprint density at radius 2 is 2.25 bits per heavy atom. The van der Waals surface area contributed by atoms with Gasteiger partial charge in [-0.2, -0.15) is 0 Å². The van der Waals surface area contributed by atoms with Crippen molar-refractivity contribution in [2.45, 2.75) is 57.8 Å². The largest absolute Gasteiger partial charge is 0.491 e. The molecule has 1 aliphatic rings. The zero-order valence-corrected chi connectivity index (χ0v) is 13.0. The molecule has 2 rings (SSSR count). The number of rotatable bonds is 6. The molecule has 0 amide bonds. The summed E-state index contributed by atoms with van der Waals surface area (Å²) >= 11 is 6.07. The second-order valence-electron chi connectivity index (χ2n) is 5.58. The lowest BCUT2D eigenvalue weighted by atomic mass is 10.0. The highest BCUT2D eigenvalue weighted by Crippen LogP contribution is 2.26. The number of halogens is 1. The normalized spacial score (nSPS) is 23.8. The van der Waals surface area contributed by atoms with Gasteiger partial charge in [-0.15, -0.1) is 0 Å². The molecule has 1 aliphatic heterocycles. The average Bonchev–Trinajstić information content (AvgIpc) is 2.83. The summed E-state index contributed by atoms with van der Waals surface area (Å²) in [5.41, 5.74) is 7.12. The smallest absolute Gasteiger partial charge is 0.122 e. The SMILES string of the molecule is CCC(N)Cc1cc(Cl)ccc1OCC1CCC(C)O1. The van der Waals surface area contributed by atoms with Crippen LogP contribution in [-0.2, 0) is 11.2 Å². The highest BCUT2D eigenvalue weighted by Gasteiger charge is 2.22. The van der Waals surface area contributed by atoms with Crippen LogP contribution >= 0.6 is 11.6 Å². The summed E-state index contributed by atoms with van der Waals surface area (Å²) < 4.78 is 11.7. The van der Waals surface area contributed by atoms with Gasteiger partial charge in [-0.3, -0.25) is 0 Å². The summed E-state index contributed by atoms with van der Waals surface area (Å²) in [7, 11) is 0. The third kappa shape index (κ3) is 4.37. The molecular formula is C16H24ClNO2. The molecular weight excluding hydrogens is 274 g/mol. The second-order valence-corrected chi connectivity index (χ2v) is 6.02. The molecule has 112 valence electrons. The van der Waals surface area contributed by atoms with Gasteiger partial charge < -0.3 is 15.2 Å². The average molecular weight is 298 g/mol. The minimum absolute atomic E-state index is 0.138. The quantitative estimate of drug-likeness (QED) is 0.873. The van der Waals surface area contributed by atoms with Gasteiger partial charge in [0.2, 0.25) is 0 Å². The van der Waals surface area contributed by atoms with Crippen LogP contribution < -0.4 is 10.5 Å². The topological polar surface area (TPSA) is 44.5 Å². The summed E-state index contributed by atoms with van der Waals surface area (Å²) in [5.74, 6) is 0.876. The molecule has 3 unspecified atom stereocenters. The maximum atomic E-state index is 6.07. The van der Waals surface area contributed by atoms with Crippen LogP contribution in [0.3, 0.4) is 0 Å². The van der Waals surface area contributed by atoms with Crippen molar-refractivity contribution in [2.24, 2.45) is 5.73 Å². The van der Waals surface area contributed by atoms with Gasteiger partial charge in [0.25, 0.3) is 0 Å². The number of nitrogens with two attached hydrogens (primary N) is 1. The molecule has 0 saturated carbocycles. The first kappa shape index (κ1) is 15.6. The van der Waals surface area contributed by atoms with Gasteiger partial charge in [-0.25, -0.2) is 0 Å². The standard InChI is InChI=1S/C16H24ClNO2/c1-3-14(18)9-12-8-13(17)5-7-16(12)19-10-15-6-4-11(2)20-15/h5,7-8,11,14-15H,3-4,6,9-10,18H2,1-2H3. The van der Waals surface area contributed by atoms with Gasteiger partial charge in [0.05, 0.1) is 12.2 Å². The Bertz CT molecular complexity index is 438. The van der Waals surface area contributed by atoms with Crippen LogP contribution in [0.1, 0.15) is 38.7 Å². The molecule has 0 bridgehead atoms. The second kappa shape index (κ2) is 7.30. The fourth-order valence-electron chi connectivity index (χ4n) is 2.47. The number of ether oxygens (including phenoxy) is 2. The fraction of sp³-hybridized carbons (Fsp3) is 0.625. The van der Waals surface area contributed by atoms with Crippen LogP contribution in [0.2, 0.25) is 5.02 Å². The Hall–Kier alpha value is -0.770. The van der Waals surface area contributed by atoms with Crippen molar-refractivity contribution in [3.63, 3.8) is 0 Å². The monoisotopic (exact) mass is 297 g/mol. The predicted octanol–water partition coefficient (Wildman–Crippen LogP) is 3.57. The van der Waals surface area contributed by atoms with Gasteiger partial charge in [0.15, 0.2) is 0 Å². The summed E-state index contributed by atoms with van der Waals surface area (Å²) in [6.07, 6.45) is 4.46. The Kier molecular flexibility index (Phi) is 5.70. The molecule has 1 aromatic rings. The molecule has 2 N–H and O–H groups in total. The van der Waals surface area contributed by atoms with E-state index in [0.29, 0.717) is 12.7 Å². The lowest BCUT2D eigenvalue weighted by Crippen LogP contribution is -2.23. The number of benzene rings is 1. The van der Waals surface area contributed by atoms with E-state index < -0.39 is 0 Å². The maximum Gasteiger partial charge on any atom is 0.122 e. The molecule has 0 spiro atoms. The van der Waals surface area contributed by atoms with Crippen LogP contribution in [-0.4, -0.2) is 24.9 Å². The molecule has 1 fully saturated rings. The molecule has 3 nitrogen and oxygen atoms in total. The third-order valence-corrected chi connectivity index (χ3v) is 4.01. The van der Waals surface area contributed by atoms with Crippen LogP contribution in [0.15, 0.2) is 18.2 Å². The van der Waals surface area contributed by atoms with E-state index in [-0.39, 0.29) is 12.1 Å². The number of hydrogen-bond acceptors (Lipinski definition) is 3. The molecule has 1 saturated heterocycles. The van der Waals surface area contributed by atoms with Crippen LogP contribution in [0, 0.1) is 0 Å². The highest BCUT2D eigenvalue weighted by atomic mass is 35.5. The first-order valence-electron chi connectivity index (χ1n) is 7.40. The van der Waals surface area contributed by atoms with Crippen molar-refractivity contribution in [1.82, 2.24) is 0 Å². The number of hydrogen-bond donors (Lipinski definition) is 1. The van der Waals surface area contributed by atoms with E-state index in [0.717, 1.165) is 42.0 Å². The Balaban J connectivity index is 1.98. The van der Waals surface area contributed by atoms with E-state index in [1.807, 2.05) is 18.2 Å². The van der Waals surface area contributed by atoms with Gasteiger partial charge in [0, 0.05) is 11.1 Å². The summed E-state index contributed by atoms with van der Waals surface area (Å²) in [5, 5.41) is 0.724. The van der Waals surface area contributed by atoms with Gasteiger partial charge in [-0.1, -0.05) is 18.5 Å². The molecule has 20 heavy (non-hydrogen) atoms. The zero-order chi connectivity index (χ0) is 14.5. The minimum atomic E-state index is 0.138. The van der Waals surface area contributed by atoms with Gasteiger partial charge in [-0.05, 0) is 56.4 Å². The van der Waals surface area contributed by atoms with E-state index in [2.05, 4.69) is 13.8 Å². The van der Waals surface area contributed by atoms with Gasteiger partial charge in [0.1, 0.15) is 12.4 Å². The van der Waals surface area contributed by atoms with Crippen molar-refractivity contribution in [3.05, 3.63) is 28.8 Å². The molecule has 0 aromatic heterocycles. The molecule has 1 heterocycles. The Labute approximate surface area is 126 Å². The van der Waals surface area contributed by atoms with E-state index >= 15 is 0 Å². The van der Waals surface area contributed by atoms with E-state index in [1.54, 1.807) is 0 Å². The first-order chi connectivity index (χ1) is 9.58. The summed E-state index contributed by atoms with van der Waals surface area (Å²) in [6, 6.07) is 5.87. The van der Waals surface area contributed by atoms with Gasteiger partial charge >= 0.3 is 0 Å². The van der Waals surface area contributed by atoms with Crippen molar-refractivity contribution in [1.29, 1.82) is 0 Å². The summed E-state index contributed by atoms with van der Waals surface area (Å²) in [6.45, 7) is 4.79. The Morgan fingerprint density at radius 3 is 2.90 bits per heavy atom. The summed E-state index contributed by atoms with van der Waals surface area (Å²) in [4.78, 5) is 0. The van der Waals surface area contributed by atoms with Crippen molar-refractivity contribution < 1.29 is 9.47 Å². The molecule has 3 atom stereocenters. The first-order valence-corrected chi connectivity index (χ1v) is 7.78. The van der Waals surface area contributed by atoms with Crippen molar-refractivity contribution in [2.75, 3.05) is 6.61 Å². The van der Waals surface area contributed by atoms with E-state index in [1.165, 1.54) is 0 Å². The lowest BCUT2D eigenvalue weighted by molar-refractivity contribution is 0.0262. The molecule has 4 heteroatoms.